The minimum Gasteiger partial charge on any atom is -0.469 e. The van der Waals surface area contributed by atoms with Gasteiger partial charge in [0, 0.05) is 17.7 Å². The van der Waals surface area contributed by atoms with Crippen LogP contribution >= 0.6 is 0 Å². The molecule has 4 aromatic heterocycles. The van der Waals surface area contributed by atoms with Crippen molar-refractivity contribution in [1.29, 1.82) is 5.26 Å². The van der Waals surface area contributed by atoms with E-state index in [0.29, 0.717) is 29.0 Å². The van der Waals surface area contributed by atoms with Crippen LogP contribution in [0.5, 0.6) is 5.88 Å². The predicted octanol–water partition coefficient (Wildman–Crippen LogP) is 3.01. The van der Waals surface area contributed by atoms with Crippen molar-refractivity contribution >= 4 is 5.65 Å². The Bertz CT molecular complexity index is 1350. The number of ether oxygens (including phenoxy) is 1. The van der Waals surface area contributed by atoms with Crippen LogP contribution in [0.25, 0.3) is 16.9 Å². The highest BCUT2D eigenvalue weighted by Crippen LogP contribution is 2.32. The average Bonchev–Trinajstić information content (AvgIpc) is 3.57. The molecule has 0 aromatic carbocycles. The van der Waals surface area contributed by atoms with Crippen molar-refractivity contribution in [2.24, 2.45) is 0 Å². The van der Waals surface area contributed by atoms with Crippen LogP contribution in [-0.4, -0.2) is 52.5 Å². The van der Waals surface area contributed by atoms with E-state index >= 15 is 0 Å². The van der Waals surface area contributed by atoms with E-state index in [1.165, 1.54) is 0 Å². The fourth-order valence-electron chi connectivity index (χ4n) is 4.36. The van der Waals surface area contributed by atoms with Crippen LogP contribution in [0.1, 0.15) is 68.9 Å². The van der Waals surface area contributed by atoms with E-state index in [4.69, 9.17) is 4.74 Å². The molecule has 11 nitrogen and oxygen atoms in total. The summed E-state index contributed by atoms with van der Waals surface area (Å²) in [5.41, 5.74) is 4.34. The van der Waals surface area contributed by atoms with Crippen LogP contribution < -0.4 is 10.1 Å². The summed E-state index contributed by atoms with van der Waals surface area (Å²) in [7, 11) is 0. The van der Waals surface area contributed by atoms with Crippen molar-refractivity contribution in [3.05, 3.63) is 41.6 Å². The Morgan fingerprint density at radius 1 is 1.15 bits per heavy atom. The van der Waals surface area contributed by atoms with E-state index in [9.17, 15) is 5.26 Å². The van der Waals surface area contributed by atoms with Crippen molar-refractivity contribution in [3.8, 4) is 23.2 Å². The summed E-state index contributed by atoms with van der Waals surface area (Å²) in [5.74, 6) is 0.490. The van der Waals surface area contributed by atoms with Crippen molar-refractivity contribution < 1.29 is 4.74 Å². The lowest BCUT2D eigenvalue weighted by molar-refractivity contribution is 0.210. The molecule has 0 aliphatic carbocycles. The van der Waals surface area contributed by atoms with Gasteiger partial charge in [-0.1, -0.05) is 10.4 Å². The highest BCUT2D eigenvalue weighted by atomic mass is 16.5. The third-order valence-corrected chi connectivity index (χ3v) is 6.31. The number of nitriles is 1. The van der Waals surface area contributed by atoms with E-state index in [-0.39, 0.29) is 12.1 Å². The molecule has 1 atom stereocenters. The monoisotopic (exact) mass is 460 g/mol. The lowest BCUT2D eigenvalue weighted by Gasteiger charge is -2.23. The molecule has 5 rings (SSSR count). The third kappa shape index (κ3) is 3.90. The number of pyridine rings is 1. The zero-order valence-electron chi connectivity index (χ0n) is 19.8. The Hall–Kier alpha value is -3.78. The third-order valence-electron chi connectivity index (χ3n) is 6.31. The molecule has 0 spiro atoms. The first-order valence-electron chi connectivity index (χ1n) is 11.6. The molecule has 4 aromatic rings. The molecule has 34 heavy (non-hydrogen) atoms. The molecule has 0 bridgehead atoms. The first-order valence-corrected chi connectivity index (χ1v) is 11.6. The van der Waals surface area contributed by atoms with Crippen molar-refractivity contribution in [2.45, 2.75) is 58.7 Å². The van der Waals surface area contributed by atoms with Crippen molar-refractivity contribution in [2.75, 3.05) is 13.1 Å². The fourth-order valence-corrected chi connectivity index (χ4v) is 4.36. The van der Waals surface area contributed by atoms with Gasteiger partial charge in [-0.15, -0.1) is 10.2 Å². The molecule has 5 heterocycles. The fraction of sp³-hybridized carbons (Fsp3) is 0.478. The largest absolute Gasteiger partial charge is 0.469 e. The molecular formula is C23H28N10O. The van der Waals surface area contributed by atoms with Gasteiger partial charge in [0.25, 0.3) is 0 Å². The molecular weight excluding hydrogens is 432 g/mol. The summed E-state index contributed by atoms with van der Waals surface area (Å²) in [6.07, 6.45) is 5.09. The summed E-state index contributed by atoms with van der Waals surface area (Å²) >= 11 is 0. The molecule has 1 N–H and O–H groups in total. The molecule has 0 amide bonds. The van der Waals surface area contributed by atoms with Gasteiger partial charge in [-0.25, -0.2) is 14.3 Å². The average molecular weight is 461 g/mol. The van der Waals surface area contributed by atoms with Gasteiger partial charge in [-0.2, -0.15) is 5.26 Å². The minimum absolute atomic E-state index is 0.202. The smallest absolute Gasteiger partial charge is 0.201 e. The number of fused-ring (bicyclic) bond motifs is 1. The van der Waals surface area contributed by atoms with E-state index in [0.717, 1.165) is 42.9 Å². The van der Waals surface area contributed by atoms with Gasteiger partial charge < -0.3 is 10.1 Å². The summed E-state index contributed by atoms with van der Waals surface area (Å²) in [6, 6.07) is 6.53. The Kier molecular flexibility index (Phi) is 5.75. The SMILES string of the molecule is Cc1c(-c2cc(OC(C)c3cn(C(C)C)nn3)n3c(C#N)cnc3c2)nnn1C1CCNCC1. The van der Waals surface area contributed by atoms with Crippen LogP contribution in [0.2, 0.25) is 0 Å². The first kappa shape index (κ1) is 22.0. The lowest BCUT2D eigenvalue weighted by Crippen LogP contribution is -2.30. The topological polar surface area (TPSA) is 124 Å². The van der Waals surface area contributed by atoms with E-state index in [1.54, 1.807) is 15.3 Å². The Morgan fingerprint density at radius 2 is 1.94 bits per heavy atom. The van der Waals surface area contributed by atoms with Gasteiger partial charge in [0.05, 0.1) is 24.1 Å². The van der Waals surface area contributed by atoms with E-state index in [2.05, 4.69) is 37.0 Å². The zero-order valence-corrected chi connectivity index (χ0v) is 19.8. The second-order valence-electron chi connectivity index (χ2n) is 8.96. The molecule has 1 aliphatic heterocycles. The van der Waals surface area contributed by atoms with Gasteiger partial charge >= 0.3 is 0 Å². The maximum Gasteiger partial charge on any atom is 0.201 e. The number of nitrogens with one attached hydrogen (secondary N) is 1. The summed E-state index contributed by atoms with van der Waals surface area (Å²) in [6.45, 7) is 10.00. The number of hydrogen-bond acceptors (Lipinski definition) is 8. The maximum atomic E-state index is 9.62. The highest BCUT2D eigenvalue weighted by Gasteiger charge is 2.23. The molecule has 1 aliphatic rings. The Labute approximate surface area is 197 Å². The van der Waals surface area contributed by atoms with Crippen LogP contribution in [-0.2, 0) is 0 Å². The normalized spacial score (nSPS) is 15.6. The molecule has 176 valence electrons. The summed E-state index contributed by atoms with van der Waals surface area (Å²) < 4.78 is 11.9. The van der Waals surface area contributed by atoms with Crippen LogP contribution in [0.4, 0.5) is 0 Å². The number of imidazole rings is 1. The number of piperidine rings is 1. The maximum absolute atomic E-state index is 9.62. The first-order chi connectivity index (χ1) is 16.5. The summed E-state index contributed by atoms with van der Waals surface area (Å²) in [4.78, 5) is 4.44. The number of hydrogen-bond donors (Lipinski definition) is 1. The lowest BCUT2D eigenvalue weighted by atomic mass is 10.1. The van der Waals surface area contributed by atoms with Crippen LogP contribution in [0.3, 0.4) is 0 Å². The molecule has 1 fully saturated rings. The van der Waals surface area contributed by atoms with Gasteiger partial charge in [0.1, 0.15) is 34.9 Å². The van der Waals surface area contributed by atoms with E-state index < -0.39 is 0 Å². The second kappa shape index (κ2) is 8.87. The number of nitrogens with zero attached hydrogens (tertiary/aromatic N) is 9. The van der Waals surface area contributed by atoms with Gasteiger partial charge in [0.15, 0.2) is 0 Å². The van der Waals surface area contributed by atoms with E-state index in [1.807, 2.05) is 50.7 Å². The van der Waals surface area contributed by atoms with Gasteiger partial charge in [-0.05, 0) is 59.7 Å². The van der Waals surface area contributed by atoms with Crippen LogP contribution in [0.15, 0.2) is 24.5 Å². The Morgan fingerprint density at radius 3 is 2.65 bits per heavy atom. The summed E-state index contributed by atoms with van der Waals surface area (Å²) in [5, 5.41) is 30.4. The zero-order chi connectivity index (χ0) is 23.8. The van der Waals surface area contributed by atoms with Crippen molar-refractivity contribution in [1.82, 2.24) is 44.7 Å². The highest BCUT2D eigenvalue weighted by molar-refractivity contribution is 5.68. The quantitative estimate of drug-likeness (QED) is 0.466. The molecule has 11 heteroatoms. The standard InChI is InChI=1S/C23H28N10O/c1-14(2)31-13-20(27-29-31)16(4)34-22-10-17(9-21-26-12-19(11-24)32(21)22)23-15(3)33(30-28-23)18-5-7-25-8-6-18/h9-10,12-14,16,18,25H,5-8H2,1-4H3. The Balaban J connectivity index is 1.54. The molecule has 0 saturated carbocycles. The second-order valence-corrected chi connectivity index (χ2v) is 8.96. The van der Waals surface area contributed by atoms with Gasteiger partial charge in [0.2, 0.25) is 5.88 Å². The molecule has 1 unspecified atom stereocenters. The molecule has 0 radical (unpaired) electrons. The number of rotatable bonds is 6. The minimum atomic E-state index is -0.383. The van der Waals surface area contributed by atoms with Gasteiger partial charge in [-0.3, -0.25) is 4.40 Å². The molecule has 1 saturated heterocycles. The van der Waals surface area contributed by atoms with Crippen LogP contribution in [0, 0.1) is 18.3 Å². The number of aromatic nitrogens is 8. The predicted molar refractivity (Wildman–Crippen MR) is 124 cm³/mol. The van der Waals surface area contributed by atoms with Crippen molar-refractivity contribution in [3.63, 3.8) is 0 Å².